The first-order valence-corrected chi connectivity index (χ1v) is 8.15. The number of hydrogen-bond acceptors (Lipinski definition) is 3. The molecule has 2 unspecified atom stereocenters. The Kier molecular flexibility index (Phi) is 3.68. The van der Waals surface area contributed by atoms with Crippen LogP contribution in [0, 0.1) is 5.82 Å². The fraction of sp³-hybridized carbons (Fsp3) is 0.333. The molecule has 2 aromatic rings. The average molecular weight is 366 g/mol. The maximum Gasteiger partial charge on any atom is 0.419 e. The van der Waals surface area contributed by atoms with Gasteiger partial charge in [0.25, 0.3) is 0 Å². The summed E-state index contributed by atoms with van der Waals surface area (Å²) in [7, 11) is 0. The summed E-state index contributed by atoms with van der Waals surface area (Å²) in [5, 5.41) is 12.2. The molecule has 2 N–H and O–H groups in total. The molecule has 0 amide bonds. The molecule has 8 heteroatoms. The topological polar surface area (TPSA) is 62.2 Å². The predicted molar refractivity (Wildman–Crippen MR) is 85.2 cm³/mol. The van der Waals surface area contributed by atoms with Gasteiger partial charge >= 0.3 is 12.1 Å². The minimum Gasteiger partial charge on any atom is -0.477 e. The molecule has 2 aliphatic rings. The van der Waals surface area contributed by atoms with Gasteiger partial charge in [-0.2, -0.15) is 13.2 Å². The van der Waals surface area contributed by atoms with Crippen molar-refractivity contribution in [1.82, 2.24) is 4.98 Å². The van der Waals surface area contributed by atoms with E-state index in [4.69, 9.17) is 0 Å². The standard InChI is InChI=1S/C18H14F4N2O2/c19-12-4-3-10(6-11(12)18(20,21)22)24-13-7-23-16(17(25)26)15-9-2-1-8(5-9)14(13)15/h3-4,6-9,24H,1-2,5H2,(H,25,26). The van der Waals surface area contributed by atoms with Gasteiger partial charge in [-0.15, -0.1) is 0 Å². The SMILES string of the molecule is O=C(O)c1ncc(Nc2ccc(F)c(C(F)(F)F)c2)c2c1C1CCC2C1. The van der Waals surface area contributed by atoms with Crippen LogP contribution in [0.5, 0.6) is 0 Å². The van der Waals surface area contributed by atoms with Crippen molar-refractivity contribution in [2.75, 3.05) is 5.32 Å². The van der Waals surface area contributed by atoms with Crippen molar-refractivity contribution in [3.05, 3.63) is 52.6 Å². The molecule has 4 rings (SSSR count). The Hall–Kier alpha value is -2.64. The third kappa shape index (κ3) is 2.60. The summed E-state index contributed by atoms with van der Waals surface area (Å²) in [5.41, 5.74) is 0.706. The molecule has 136 valence electrons. The zero-order valence-corrected chi connectivity index (χ0v) is 13.4. The lowest BCUT2D eigenvalue weighted by molar-refractivity contribution is -0.139. The molecule has 1 aromatic carbocycles. The molecular formula is C18H14F4N2O2. The Balaban J connectivity index is 1.76. The van der Waals surface area contributed by atoms with E-state index < -0.39 is 23.5 Å². The first-order chi connectivity index (χ1) is 12.3. The molecule has 26 heavy (non-hydrogen) atoms. The second-order valence-corrected chi connectivity index (χ2v) is 6.68. The number of aromatic carboxylic acids is 1. The first-order valence-electron chi connectivity index (χ1n) is 8.15. The number of carbonyl (C=O) groups is 1. The van der Waals surface area contributed by atoms with E-state index in [2.05, 4.69) is 10.3 Å². The third-order valence-corrected chi connectivity index (χ3v) is 5.16. The lowest BCUT2D eigenvalue weighted by Gasteiger charge is -2.21. The van der Waals surface area contributed by atoms with E-state index in [1.807, 2.05) is 0 Å². The van der Waals surface area contributed by atoms with Gasteiger partial charge in [0.15, 0.2) is 5.69 Å². The monoisotopic (exact) mass is 366 g/mol. The summed E-state index contributed by atoms with van der Waals surface area (Å²) >= 11 is 0. The first kappa shape index (κ1) is 16.8. The molecule has 1 saturated carbocycles. The quantitative estimate of drug-likeness (QED) is 0.747. The molecule has 2 aliphatic carbocycles. The van der Waals surface area contributed by atoms with Crippen molar-refractivity contribution < 1.29 is 27.5 Å². The van der Waals surface area contributed by atoms with Gasteiger partial charge in [0.2, 0.25) is 0 Å². The Morgan fingerprint density at radius 3 is 2.54 bits per heavy atom. The van der Waals surface area contributed by atoms with Gasteiger partial charge in [-0.05, 0) is 60.4 Å². The number of carboxylic acids is 1. The van der Waals surface area contributed by atoms with Crippen molar-refractivity contribution in [1.29, 1.82) is 0 Å². The number of halogens is 4. The van der Waals surface area contributed by atoms with Crippen LogP contribution in [0.25, 0.3) is 0 Å². The van der Waals surface area contributed by atoms with Crippen LogP contribution >= 0.6 is 0 Å². The van der Waals surface area contributed by atoms with Crippen LogP contribution in [-0.4, -0.2) is 16.1 Å². The summed E-state index contributed by atoms with van der Waals surface area (Å²) < 4.78 is 52.2. The number of rotatable bonds is 3. The van der Waals surface area contributed by atoms with E-state index in [0.717, 1.165) is 30.9 Å². The summed E-state index contributed by atoms with van der Waals surface area (Å²) in [6.45, 7) is 0. The fourth-order valence-corrected chi connectivity index (χ4v) is 4.15. The minimum absolute atomic E-state index is 0.00726. The van der Waals surface area contributed by atoms with E-state index in [0.29, 0.717) is 17.3 Å². The van der Waals surface area contributed by atoms with E-state index >= 15 is 0 Å². The van der Waals surface area contributed by atoms with Crippen molar-refractivity contribution in [3.8, 4) is 0 Å². The van der Waals surface area contributed by atoms with Crippen LogP contribution in [0.4, 0.5) is 28.9 Å². The molecule has 4 nitrogen and oxygen atoms in total. The van der Waals surface area contributed by atoms with E-state index in [1.54, 1.807) is 0 Å². The van der Waals surface area contributed by atoms with Gasteiger partial charge in [0, 0.05) is 5.69 Å². The molecule has 2 bridgehead atoms. The molecule has 0 saturated heterocycles. The second kappa shape index (κ2) is 5.69. The Labute approximate surface area is 145 Å². The smallest absolute Gasteiger partial charge is 0.419 e. The molecule has 0 spiro atoms. The fourth-order valence-electron chi connectivity index (χ4n) is 4.15. The molecular weight excluding hydrogens is 352 g/mol. The zero-order valence-electron chi connectivity index (χ0n) is 13.4. The van der Waals surface area contributed by atoms with Gasteiger partial charge in [-0.1, -0.05) is 0 Å². The van der Waals surface area contributed by atoms with Gasteiger partial charge in [0.05, 0.1) is 17.4 Å². The van der Waals surface area contributed by atoms with Crippen LogP contribution in [0.3, 0.4) is 0 Å². The van der Waals surface area contributed by atoms with Crippen molar-refractivity contribution >= 4 is 17.3 Å². The summed E-state index contributed by atoms with van der Waals surface area (Å²) in [6, 6.07) is 2.69. The Bertz CT molecular complexity index is 911. The van der Waals surface area contributed by atoms with E-state index in [9.17, 15) is 27.5 Å². The van der Waals surface area contributed by atoms with Crippen molar-refractivity contribution in [2.45, 2.75) is 37.3 Å². The lowest BCUT2D eigenvalue weighted by Crippen LogP contribution is -2.13. The number of fused-ring (bicyclic) bond motifs is 5. The molecule has 1 heterocycles. The maximum absolute atomic E-state index is 13.5. The van der Waals surface area contributed by atoms with Crippen molar-refractivity contribution in [3.63, 3.8) is 0 Å². The summed E-state index contributed by atoms with van der Waals surface area (Å²) in [5.74, 6) is -2.16. The average Bonchev–Trinajstić information content (AvgIpc) is 3.17. The van der Waals surface area contributed by atoms with Crippen LogP contribution in [0.15, 0.2) is 24.4 Å². The lowest BCUT2D eigenvalue weighted by atomic mass is 9.89. The summed E-state index contributed by atoms with van der Waals surface area (Å²) in [4.78, 5) is 15.4. The normalized spacial score (nSPS) is 20.9. The number of anilines is 2. The van der Waals surface area contributed by atoms with Crippen LogP contribution in [0.1, 0.15) is 58.3 Å². The number of nitrogens with zero attached hydrogens (tertiary/aromatic N) is 1. The number of carboxylic acid groups (broad SMARTS) is 1. The number of aromatic nitrogens is 1. The maximum atomic E-state index is 13.5. The minimum atomic E-state index is -4.80. The van der Waals surface area contributed by atoms with Gasteiger partial charge < -0.3 is 10.4 Å². The highest BCUT2D eigenvalue weighted by Gasteiger charge is 2.42. The number of nitrogens with one attached hydrogen (secondary N) is 1. The van der Waals surface area contributed by atoms with Gasteiger partial charge in [0.1, 0.15) is 5.82 Å². The van der Waals surface area contributed by atoms with Crippen LogP contribution < -0.4 is 5.32 Å². The number of benzene rings is 1. The van der Waals surface area contributed by atoms with Crippen LogP contribution in [0.2, 0.25) is 0 Å². The molecule has 2 atom stereocenters. The highest BCUT2D eigenvalue weighted by atomic mass is 19.4. The summed E-state index contributed by atoms with van der Waals surface area (Å²) in [6.07, 6.45) is -0.842. The molecule has 0 radical (unpaired) electrons. The molecule has 1 fully saturated rings. The highest BCUT2D eigenvalue weighted by Crippen LogP contribution is 2.56. The number of alkyl halides is 3. The third-order valence-electron chi connectivity index (χ3n) is 5.16. The molecule has 0 aliphatic heterocycles. The largest absolute Gasteiger partial charge is 0.477 e. The highest BCUT2D eigenvalue weighted by molar-refractivity contribution is 5.89. The van der Waals surface area contributed by atoms with Crippen LogP contribution in [-0.2, 0) is 6.18 Å². The zero-order chi connectivity index (χ0) is 18.6. The number of pyridine rings is 1. The molecule has 1 aromatic heterocycles. The van der Waals surface area contributed by atoms with Gasteiger partial charge in [-0.3, -0.25) is 0 Å². The van der Waals surface area contributed by atoms with Gasteiger partial charge in [-0.25, -0.2) is 14.2 Å². The van der Waals surface area contributed by atoms with E-state index in [-0.39, 0.29) is 23.2 Å². The van der Waals surface area contributed by atoms with Crippen molar-refractivity contribution in [2.24, 2.45) is 0 Å². The van der Waals surface area contributed by atoms with E-state index in [1.165, 1.54) is 12.3 Å². The number of hydrogen-bond donors (Lipinski definition) is 2. The Morgan fingerprint density at radius 1 is 1.19 bits per heavy atom. The Morgan fingerprint density at radius 2 is 1.88 bits per heavy atom. The predicted octanol–water partition coefficient (Wildman–Crippen LogP) is 5.05. The second-order valence-electron chi connectivity index (χ2n) is 6.68.